The zero-order valence-corrected chi connectivity index (χ0v) is 22.0. The highest BCUT2D eigenvalue weighted by Crippen LogP contribution is 2.47. The van der Waals surface area contributed by atoms with Crippen molar-refractivity contribution in [1.29, 1.82) is 0 Å². The van der Waals surface area contributed by atoms with E-state index >= 15 is 0 Å². The van der Waals surface area contributed by atoms with Crippen molar-refractivity contribution in [2.45, 2.75) is 44.9 Å². The van der Waals surface area contributed by atoms with Crippen molar-refractivity contribution in [2.24, 2.45) is 0 Å². The van der Waals surface area contributed by atoms with Gasteiger partial charge in [-0.3, -0.25) is 4.79 Å². The third kappa shape index (κ3) is 4.87. The summed E-state index contributed by atoms with van der Waals surface area (Å²) in [7, 11) is 3.21. The van der Waals surface area contributed by atoms with Gasteiger partial charge >= 0.3 is 5.97 Å². The number of halogens is 1. The maximum atomic E-state index is 13.7. The Morgan fingerprint density at radius 3 is 2.51 bits per heavy atom. The van der Waals surface area contributed by atoms with E-state index in [4.69, 9.17) is 14.2 Å². The molecule has 0 amide bonds. The predicted molar refractivity (Wildman–Crippen MR) is 138 cm³/mol. The van der Waals surface area contributed by atoms with Crippen LogP contribution in [0.5, 0.6) is 11.5 Å². The van der Waals surface area contributed by atoms with E-state index < -0.39 is 5.92 Å². The number of hydrogen-bond donors (Lipinski definition) is 1. The van der Waals surface area contributed by atoms with Crippen molar-refractivity contribution in [3.8, 4) is 11.5 Å². The fraction of sp³-hybridized carbons (Fsp3) is 0.357. The number of allylic oxidation sites excluding steroid dienone is 3. The van der Waals surface area contributed by atoms with Crippen LogP contribution in [0.15, 0.2) is 69.5 Å². The molecule has 2 aromatic rings. The van der Waals surface area contributed by atoms with Crippen LogP contribution < -0.4 is 14.8 Å². The quantitative estimate of drug-likeness (QED) is 0.449. The fourth-order valence-electron chi connectivity index (χ4n) is 4.94. The van der Waals surface area contributed by atoms with Crippen LogP contribution in [0.4, 0.5) is 0 Å². The molecule has 0 bridgehead atoms. The first-order valence-electron chi connectivity index (χ1n) is 11.8. The topological polar surface area (TPSA) is 73.9 Å². The molecule has 1 heterocycles. The number of carbonyl (C=O) groups excluding carboxylic acids is 2. The van der Waals surface area contributed by atoms with Crippen molar-refractivity contribution < 1.29 is 23.8 Å². The highest BCUT2D eigenvalue weighted by atomic mass is 79.9. The predicted octanol–water partition coefficient (Wildman–Crippen LogP) is 5.78. The molecule has 4 rings (SSSR count). The minimum absolute atomic E-state index is 0.0187. The minimum atomic E-state index is -0.495. The Balaban J connectivity index is 1.77. The summed E-state index contributed by atoms with van der Waals surface area (Å²) in [5.41, 5.74) is 4.58. The molecule has 0 saturated heterocycles. The Morgan fingerprint density at radius 1 is 1.09 bits per heavy atom. The summed E-state index contributed by atoms with van der Waals surface area (Å²) in [6, 6.07) is 13.5. The molecule has 1 N–H and O–H groups in total. The number of carbonyl (C=O) groups is 2. The maximum absolute atomic E-state index is 13.7. The van der Waals surface area contributed by atoms with Gasteiger partial charge in [-0.25, -0.2) is 4.79 Å². The highest BCUT2D eigenvalue weighted by Gasteiger charge is 2.42. The number of ether oxygens (including phenoxy) is 3. The number of benzene rings is 2. The number of dihydropyridines is 1. The number of esters is 1. The molecule has 1 aliphatic heterocycles. The molecule has 6 nitrogen and oxygen atoms in total. The van der Waals surface area contributed by atoms with Gasteiger partial charge in [0.25, 0.3) is 0 Å². The van der Waals surface area contributed by atoms with E-state index in [9.17, 15) is 9.59 Å². The van der Waals surface area contributed by atoms with Crippen LogP contribution >= 0.6 is 15.9 Å². The lowest BCUT2D eigenvalue weighted by molar-refractivity contribution is -0.139. The molecule has 1 aliphatic carbocycles. The summed E-state index contributed by atoms with van der Waals surface area (Å²) < 4.78 is 17.2. The Hall–Kier alpha value is -3.06. The Kier molecular flexibility index (Phi) is 7.65. The lowest BCUT2D eigenvalue weighted by atomic mass is 9.71. The van der Waals surface area contributed by atoms with Gasteiger partial charge in [0.2, 0.25) is 0 Å². The first-order valence-corrected chi connectivity index (χ1v) is 12.6. The first-order chi connectivity index (χ1) is 16.9. The van der Waals surface area contributed by atoms with E-state index in [0.29, 0.717) is 47.8 Å². The molecule has 0 saturated carbocycles. The van der Waals surface area contributed by atoms with Crippen molar-refractivity contribution in [3.63, 3.8) is 0 Å². The second-order valence-electron chi connectivity index (χ2n) is 8.79. The number of methoxy groups -OCH3 is 2. The zero-order chi connectivity index (χ0) is 25.1. The number of hydrogen-bond acceptors (Lipinski definition) is 6. The van der Waals surface area contributed by atoms with Crippen LogP contribution in [0, 0.1) is 0 Å². The smallest absolute Gasteiger partial charge is 0.336 e. The van der Waals surface area contributed by atoms with E-state index in [1.165, 1.54) is 0 Å². The van der Waals surface area contributed by atoms with Gasteiger partial charge in [-0.2, -0.15) is 0 Å². The van der Waals surface area contributed by atoms with Crippen LogP contribution in [0.25, 0.3) is 0 Å². The summed E-state index contributed by atoms with van der Waals surface area (Å²) in [5.74, 6) is 0.403. The van der Waals surface area contributed by atoms with E-state index in [0.717, 1.165) is 27.7 Å². The number of ketones is 1. The van der Waals surface area contributed by atoms with Crippen molar-refractivity contribution in [1.82, 2.24) is 5.32 Å². The summed E-state index contributed by atoms with van der Waals surface area (Å²) in [5, 5.41) is 3.39. The zero-order valence-electron chi connectivity index (χ0n) is 20.4. The van der Waals surface area contributed by atoms with Crippen LogP contribution in [0.3, 0.4) is 0 Å². The van der Waals surface area contributed by atoms with E-state index in [1.807, 2.05) is 56.3 Å². The summed E-state index contributed by atoms with van der Waals surface area (Å²) in [6.45, 7) is 4.17. The van der Waals surface area contributed by atoms with Gasteiger partial charge in [0.05, 0.1) is 26.4 Å². The van der Waals surface area contributed by atoms with E-state index in [1.54, 1.807) is 14.2 Å². The summed E-state index contributed by atoms with van der Waals surface area (Å²) >= 11 is 3.64. The number of nitrogens with one attached hydrogen (secondary N) is 1. The molecule has 2 aliphatic rings. The minimum Gasteiger partial charge on any atom is -0.493 e. The Labute approximate surface area is 214 Å². The van der Waals surface area contributed by atoms with Gasteiger partial charge in [0, 0.05) is 33.8 Å². The van der Waals surface area contributed by atoms with Crippen molar-refractivity contribution in [2.75, 3.05) is 20.8 Å². The van der Waals surface area contributed by atoms with Gasteiger partial charge in [-0.15, -0.1) is 0 Å². The molecule has 2 atom stereocenters. The molecular weight excluding hydrogens is 510 g/mol. The van der Waals surface area contributed by atoms with Crippen LogP contribution in [0.2, 0.25) is 0 Å². The van der Waals surface area contributed by atoms with Crippen molar-refractivity contribution in [3.05, 3.63) is 80.6 Å². The fourth-order valence-corrected chi connectivity index (χ4v) is 5.46. The maximum Gasteiger partial charge on any atom is 0.336 e. The largest absolute Gasteiger partial charge is 0.493 e. The van der Waals surface area contributed by atoms with Gasteiger partial charge in [0.1, 0.15) is 0 Å². The second kappa shape index (κ2) is 10.7. The molecule has 184 valence electrons. The van der Waals surface area contributed by atoms with Crippen LogP contribution in [-0.4, -0.2) is 32.6 Å². The molecule has 0 unspecified atom stereocenters. The molecule has 35 heavy (non-hydrogen) atoms. The Bertz CT molecular complexity index is 1220. The SMILES string of the molecule is CCCOC(=O)C1=C(C)NC2=C(C(=O)C[C@@H](c3ccc(OC)c(OC)c3)C2)[C@@H]1c1ccccc1Br. The lowest BCUT2D eigenvalue weighted by Crippen LogP contribution is -2.36. The van der Waals surface area contributed by atoms with Gasteiger partial charge in [-0.1, -0.05) is 47.1 Å². The Morgan fingerprint density at radius 2 is 1.83 bits per heavy atom. The van der Waals surface area contributed by atoms with Gasteiger partial charge in [0.15, 0.2) is 17.3 Å². The standard InChI is InChI=1S/C28H30BrNO5/c1-5-12-35-28(32)25-16(2)30-21-13-18(17-10-11-23(33-3)24(15-17)34-4)14-22(31)27(21)26(25)19-8-6-7-9-20(19)29/h6-11,15,18,26,30H,5,12-14H2,1-4H3/t18-,26+/m0/s1. The van der Waals surface area contributed by atoms with Gasteiger partial charge < -0.3 is 19.5 Å². The summed E-state index contributed by atoms with van der Waals surface area (Å²) in [6.07, 6.45) is 1.71. The molecule has 0 radical (unpaired) electrons. The molecule has 7 heteroatoms. The average molecular weight is 540 g/mol. The normalized spacial score (nSPS) is 19.7. The highest BCUT2D eigenvalue weighted by molar-refractivity contribution is 9.10. The molecule has 0 aromatic heterocycles. The van der Waals surface area contributed by atoms with E-state index in [2.05, 4.69) is 21.2 Å². The number of rotatable bonds is 7. The molecule has 0 fully saturated rings. The summed E-state index contributed by atoms with van der Waals surface area (Å²) in [4.78, 5) is 26.9. The molecular formula is C28H30BrNO5. The molecule has 2 aromatic carbocycles. The van der Waals surface area contributed by atoms with Crippen molar-refractivity contribution >= 4 is 27.7 Å². The second-order valence-corrected chi connectivity index (χ2v) is 9.64. The monoisotopic (exact) mass is 539 g/mol. The van der Waals surface area contributed by atoms with Gasteiger partial charge in [-0.05, 0) is 55.0 Å². The van der Waals surface area contributed by atoms with E-state index in [-0.39, 0.29) is 17.7 Å². The average Bonchev–Trinajstić information content (AvgIpc) is 2.86. The van der Waals surface area contributed by atoms with Crippen LogP contribution in [-0.2, 0) is 14.3 Å². The first kappa shape index (κ1) is 25.0. The number of Topliss-reactive ketones (excluding diaryl/α,β-unsaturated/α-hetero) is 1. The third-order valence-electron chi connectivity index (χ3n) is 6.58. The third-order valence-corrected chi connectivity index (χ3v) is 7.30. The molecule has 0 spiro atoms. The lowest BCUT2D eigenvalue weighted by Gasteiger charge is -2.37. The van der Waals surface area contributed by atoms with Crippen LogP contribution in [0.1, 0.15) is 56.1 Å².